The Kier molecular flexibility index (Phi) is 4.27. The summed E-state index contributed by atoms with van der Waals surface area (Å²) >= 11 is 0. The molecule has 0 radical (unpaired) electrons. The maximum Gasteiger partial charge on any atom is 0.273 e. The molecule has 0 bridgehead atoms. The standard InChI is InChI=1S/C11H19N5O2/c1-8(3-4-18-2)13-11(17)10-7-16(15-14-10)9-5-12-6-9/h7-9,12H,3-6H2,1-2H3,(H,13,17). The van der Waals surface area contributed by atoms with Crippen molar-refractivity contribution in [3.63, 3.8) is 0 Å². The maximum absolute atomic E-state index is 11.9. The number of hydrogen-bond donors (Lipinski definition) is 2. The average Bonchev–Trinajstić information content (AvgIpc) is 2.73. The topological polar surface area (TPSA) is 81.1 Å². The molecule has 0 aliphatic carbocycles. The van der Waals surface area contributed by atoms with Gasteiger partial charge >= 0.3 is 0 Å². The van der Waals surface area contributed by atoms with Crippen LogP contribution in [0.2, 0.25) is 0 Å². The summed E-state index contributed by atoms with van der Waals surface area (Å²) in [5.74, 6) is -0.183. The Morgan fingerprint density at radius 1 is 1.72 bits per heavy atom. The van der Waals surface area contributed by atoms with Crippen LogP contribution in [0.3, 0.4) is 0 Å². The number of rotatable bonds is 6. The number of nitrogens with zero attached hydrogens (tertiary/aromatic N) is 3. The Balaban J connectivity index is 1.86. The highest BCUT2D eigenvalue weighted by atomic mass is 16.5. The summed E-state index contributed by atoms with van der Waals surface area (Å²) < 4.78 is 6.71. The summed E-state index contributed by atoms with van der Waals surface area (Å²) in [7, 11) is 1.65. The summed E-state index contributed by atoms with van der Waals surface area (Å²) in [6.45, 7) is 4.34. The van der Waals surface area contributed by atoms with Crippen molar-refractivity contribution in [2.24, 2.45) is 0 Å². The first-order chi connectivity index (χ1) is 8.70. The zero-order chi connectivity index (χ0) is 13.0. The highest BCUT2D eigenvalue weighted by Crippen LogP contribution is 2.09. The minimum atomic E-state index is -0.183. The minimum absolute atomic E-state index is 0.0629. The number of carbonyl (C=O) groups is 1. The molecule has 7 nitrogen and oxygen atoms in total. The normalized spacial score (nSPS) is 17.2. The van der Waals surface area contributed by atoms with Crippen LogP contribution >= 0.6 is 0 Å². The largest absolute Gasteiger partial charge is 0.385 e. The van der Waals surface area contributed by atoms with E-state index < -0.39 is 0 Å². The first kappa shape index (κ1) is 13.0. The van der Waals surface area contributed by atoms with E-state index in [9.17, 15) is 4.79 Å². The Morgan fingerprint density at radius 2 is 2.50 bits per heavy atom. The van der Waals surface area contributed by atoms with E-state index in [0.717, 1.165) is 19.5 Å². The molecular formula is C11H19N5O2. The molecule has 1 unspecified atom stereocenters. The molecule has 0 aromatic carbocycles. The molecular weight excluding hydrogens is 234 g/mol. The van der Waals surface area contributed by atoms with Gasteiger partial charge in [0.05, 0.1) is 12.2 Å². The Morgan fingerprint density at radius 3 is 3.11 bits per heavy atom. The number of ether oxygens (including phenoxy) is 1. The second kappa shape index (κ2) is 5.92. The molecule has 0 spiro atoms. The summed E-state index contributed by atoms with van der Waals surface area (Å²) in [6.07, 6.45) is 2.48. The van der Waals surface area contributed by atoms with E-state index in [1.807, 2.05) is 6.92 Å². The number of nitrogens with one attached hydrogen (secondary N) is 2. The molecule has 1 aliphatic rings. The van der Waals surface area contributed by atoms with Crippen LogP contribution in [-0.4, -0.2) is 53.7 Å². The third-order valence-corrected chi connectivity index (χ3v) is 3.01. The van der Waals surface area contributed by atoms with Crippen LogP contribution < -0.4 is 10.6 Å². The molecule has 100 valence electrons. The van der Waals surface area contributed by atoms with Crippen molar-refractivity contribution in [2.45, 2.75) is 25.4 Å². The van der Waals surface area contributed by atoms with Gasteiger partial charge in [0, 0.05) is 32.8 Å². The molecule has 2 N–H and O–H groups in total. The maximum atomic E-state index is 11.9. The second-order valence-electron chi connectivity index (χ2n) is 4.55. The quantitative estimate of drug-likeness (QED) is 0.719. The van der Waals surface area contributed by atoms with Gasteiger partial charge in [-0.05, 0) is 13.3 Å². The van der Waals surface area contributed by atoms with Gasteiger partial charge in [0.1, 0.15) is 0 Å². The molecule has 2 rings (SSSR count). The van der Waals surface area contributed by atoms with Gasteiger partial charge < -0.3 is 15.4 Å². The Hall–Kier alpha value is -1.47. The van der Waals surface area contributed by atoms with Crippen LogP contribution in [0, 0.1) is 0 Å². The van der Waals surface area contributed by atoms with Gasteiger partial charge in [-0.3, -0.25) is 4.79 Å². The third kappa shape index (κ3) is 3.05. The van der Waals surface area contributed by atoms with Crippen molar-refractivity contribution in [3.8, 4) is 0 Å². The van der Waals surface area contributed by atoms with Crippen molar-refractivity contribution in [1.82, 2.24) is 25.6 Å². The summed E-state index contributed by atoms with van der Waals surface area (Å²) in [4.78, 5) is 11.9. The van der Waals surface area contributed by atoms with Gasteiger partial charge in [0.2, 0.25) is 0 Å². The lowest BCUT2D eigenvalue weighted by atomic mass is 10.2. The van der Waals surface area contributed by atoms with Crippen LogP contribution in [0.1, 0.15) is 29.9 Å². The van der Waals surface area contributed by atoms with Crippen LogP contribution in [0.4, 0.5) is 0 Å². The second-order valence-corrected chi connectivity index (χ2v) is 4.55. The highest BCUT2D eigenvalue weighted by molar-refractivity contribution is 5.92. The van der Waals surface area contributed by atoms with Gasteiger partial charge in [-0.2, -0.15) is 0 Å². The zero-order valence-corrected chi connectivity index (χ0v) is 10.7. The van der Waals surface area contributed by atoms with Gasteiger partial charge in [-0.1, -0.05) is 5.21 Å². The van der Waals surface area contributed by atoms with E-state index in [2.05, 4.69) is 20.9 Å². The molecule has 1 amide bonds. The third-order valence-electron chi connectivity index (χ3n) is 3.01. The number of carbonyl (C=O) groups excluding carboxylic acids is 1. The first-order valence-corrected chi connectivity index (χ1v) is 6.13. The van der Waals surface area contributed by atoms with Crippen LogP contribution in [0.5, 0.6) is 0 Å². The fourth-order valence-corrected chi connectivity index (χ4v) is 1.68. The molecule has 1 saturated heterocycles. The van der Waals surface area contributed by atoms with Crippen molar-refractivity contribution < 1.29 is 9.53 Å². The summed E-state index contributed by atoms with van der Waals surface area (Å²) in [5, 5.41) is 13.9. The van der Waals surface area contributed by atoms with E-state index >= 15 is 0 Å². The number of hydrogen-bond acceptors (Lipinski definition) is 5. The molecule has 18 heavy (non-hydrogen) atoms. The SMILES string of the molecule is COCCC(C)NC(=O)c1cn(C2CNC2)nn1. The summed E-state index contributed by atoms with van der Waals surface area (Å²) in [6, 6.07) is 0.387. The Labute approximate surface area is 106 Å². The lowest BCUT2D eigenvalue weighted by Gasteiger charge is -2.26. The fourth-order valence-electron chi connectivity index (χ4n) is 1.68. The highest BCUT2D eigenvalue weighted by Gasteiger charge is 2.22. The van der Waals surface area contributed by atoms with E-state index in [-0.39, 0.29) is 11.9 Å². The van der Waals surface area contributed by atoms with Crippen molar-refractivity contribution in [3.05, 3.63) is 11.9 Å². The lowest BCUT2D eigenvalue weighted by molar-refractivity contribution is 0.0924. The monoisotopic (exact) mass is 253 g/mol. The van der Waals surface area contributed by atoms with E-state index in [0.29, 0.717) is 18.3 Å². The van der Waals surface area contributed by atoms with E-state index in [4.69, 9.17) is 4.74 Å². The lowest BCUT2D eigenvalue weighted by Crippen LogP contribution is -2.43. The van der Waals surface area contributed by atoms with E-state index in [1.165, 1.54) is 0 Å². The van der Waals surface area contributed by atoms with Crippen LogP contribution in [0.15, 0.2) is 6.20 Å². The van der Waals surface area contributed by atoms with Gasteiger partial charge in [0.15, 0.2) is 5.69 Å². The molecule has 7 heteroatoms. The van der Waals surface area contributed by atoms with Crippen molar-refractivity contribution in [2.75, 3.05) is 26.8 Å². The van der Waals surface area contributed by atoms with E-state index in [1.54, 1.807) is 18.0 Å². The zero-order valence-electron chi connectivity index (χ0n) is 10.7. The number of amides is 1. The van der Waals surface area contributed by atoms with Crippen LogP contribution in [0.25, 0.3) is 0 Å². The summed E-state index contributed by atoms with van der Waals surface area (Å²) in [5.41, 5.74) is 0.367. The Bertz CT molecular complexity index is 402. The smallest absolute Gasteiger partial charge is 0.273 e. The molecule has 1 atom stereocenters. The molecule has 1 aromatic rings. The number of aromatic nitrogens is 3. The molecule has 2 heterocycles. The van der Waals surface area contributed by atoms with Gasteiger partial charge in [0.25, 0.3) is 5.91 Å². The molecule has 1 aromatic heterocycles. The number of methoxy groups -OCH3 is 1. The average molecular weight is 253 g/mol. The fraction of sp³-hybridized carbons (Fsp3) is 0.727. The predicted octanol–water partition coefficient (Wildman–Crippen LogP) is -0.423. The molecule has 1 fully saturated rings. The van der Waals surface area contributed by atoms with Crippen molar-refractivity contribution in [1.29, 1.82) is 0 Å². The predicted molar refractivity (Wildman–Crippen MR) is 65.3 cm³/mol. The van der Waals surface area contributed by atoms with Crippen LogP contribution in [-0.2, 0) is 4.74 Å². The van der Waals surface area contributed by atoms with Gasteiger partial charge in [-0.25, -0.2) is 4.68 Å². The molecule has 1 aliphatic heterocycles. The molecule has 0 saturated carbocycles. The van der Waals surface area contributed by atoms with Gasteiger partial charge in [-0.15, -0.1) is 5.10 Å². The van der Waals surface area contributed by atoms with Crippen molar-refractivity contribution >= 4 is 5.91 Å². The minimum Gasteiger partial charge on any atom is -0.385 e. The first-order valence-electron chi connectivity index (χ1n) is 6.13.